The summed E-state index contributed by atoms with van der Waals surface area (Å²) in [5.74, 6) is -0.163. The highest BCUT2D eigenvalue weighted by molar-refractivity contribution is 6.31. The van der Waals surface area contributed by atoms with Crippen molar-refractivity contribution in [2.24, 2.45) is 0 Å². The Hall–Kier alpha value is -4.86. The van der Waals surface area contributed by atoms with Crippen molar-refractivity contribution in [2.75, 3.05) is 19.2 Å². The number of carbonyl (C=O) groups excluding carboxylic acids is 2. The highest BCUT2D eigenvalue weighted by atomic mass is 16.6. The molecule has 4 rings (SSSR count). The van der Waals surface area contributed by atoms with Crippen LogP contribution in [0.15, 0.2) is 72.3 Å². The first kappa shape index (κ1) is 23.3. The van der Waals surface area contributed by atoms with E-state index in [0.29, 0.717) is 28.3 Å². The highest BCUT2D eigenvalue weighted by Gasteiger charge is 2.34. The molecule has 0 aliphatic carbocycles. The van der Waals surface area contributed by atoms with Gasteiger partial charge in [0.2, 0.25) is 5.75 Å². The van der Waals surface area contributed by atoms with E-state index in [1.165, 1.54) is 37.4 Å². The number of nitrogens with one attached hydrogen (secondary N) is 1. The van der Waals surface area contributed by atoms with E-state index in [2.05, 4.69) is 5.43 Å². The lowest BCUT2D eigenvalue weighted by Crippen LogP contribution is -2.35. The van der Waals surface area contributed by atoms with E-state index in [4.69, 9.17) is 14.2 Å². The smallest absolute Gasteiger partial charge is 0.282 e. The highest BCUT2D eigenvalue weighted by Crippen LogP contribution is 2.40. The van der Waals surface area contributed by atoms with Gasteiger partial charge in [-0.05, 0) is 41.5 Å². The fourth-order valence-electron chi connectivity index (χ4n) is 3.52. The number of nitro groups is 1. The number of hydrogen-bond acceptors (Lipinski definition) is 7. The van der Waals surface area contributed by atoms with Crippen LogP contribution in [0, 0.1) is 10.1 Å². The Balaban J connectivity index is 1.61. The number of anilines is 1. The molecule has 3 aromatic carbocycles. The maximum Gasteiger partial charge on any atom is 0.282 e. The monoisotopic (exact) mass is 475 g/mol. The van der Waals surface area contributed by atoms with Crippen molar-refractivity contribution in [3.05, 3.63) is 93.5 Å². The Kier molecular flexibility index (Phi) is 6.63. The molecule has 1 fully saturated rings. The van der Waals surface area contributed by atoms with Gasteiger partial charge in [-0.15, -0.1) is 0 Å². The van der Waals surface area contributed by atoms with Crippen LogP contribution in [0.3, 0.4) is 0 Å². The van der Waals surface area contributed by atoms with Gasteiger partial charge in [0.15, 0.2) is 11.5 Å². The average Bonchev–Trinajstić information content (AvgIpc) is 3.16. The van der Waals surface area contributed by atoms with E-state index in [1.807, 2.05) is 6.07 Å². The lowest BCUT2D eigenvalue weighted by Gasteiger charge is -2.15. The average molecular weight is 475 g/mol. The molecule has 0 bridgehead atoms. The van der Waals surface area contributed by atoms with Crippen LogP contribution in [0.2, 0.25) is 0 Å². The Morgan fingerprint density at radius 1 is 0.971 bits per heavy atom. The molecular formula is C25H21N3O7. The van der Waals surface area contributed by atoms with Crippen molar-refractivity contribution in [1.82, 2.24) is 5.43 Å². The van der Waals surface area contributed by atoms with Crippen molar-refractivity contribution >= 4 is 29.3 Å². The second-order valence-electron chi connectivity index (χ2n) is 7.45. The first-order chi connectivity index (χ1) is 16.9. The third kappa shape index (κ3) is 4.91. The Labute approximate surface area is 200 Å². The molecule has 0 atom stereocenters. The minimum Gasteiger partial charge on any atom is -0.493 e. The van der Waals surface area contributed by atoms with Crippen molar-refractivity contribution in [2.45, 2.75) is 6.61 Å². The summed E-state index contributed by atoms with van der Waals surface area (Å²) in [7, 11) is 2.88. The van der Waals surface area contributed by atoms with E-state index in [-0.39, 0.29) is 23.6 Å². The third-order valence-corrected chi connectivity index (χ3v) is 5.20. The molecule has 1 heterocycles. The lowest BCUT2D eigenvalue weighted by atomic mass is 10.1. The maximum absolute atomic E-state index is 12.9. The van der Waals surface area contributed by atoms with Crippen molar-refractivity contribution in [3.63, 3.8) is 0 Å². The summed E-state index contributed by atoms with van der Waals surface area (Å²) in [5.41, 5.74) is 4.06. The van der Waals surface area contributed by atoms with Crippen LogP contribution in [0.4, 0.5) is 11.4 Å². The summed E-state index contributed by atoms with van der Waals surface area (Å²) in [4.78, 5) is 35.9. The number of amides is 2. The second-order valence-corrected chi connectivity index (χ2v) is 7.45. The van der Waals surface area contributed by atoms with Crippen molar-refractivity contribution < 1.29 is 28.7 Å². The number of carbonyl (C=O) groups is 2. The predicted octanol–water partition coefficient (Wildman–Crippen LogP) is 3.65. The van der Waals surface area contributed by atoms with E-state index < -0.39 is 16.7 Å². The predicted molar refractivity (Wildman–Crippen MR) is 127 cm³/mol. The Bertz CT molecular complexity index is 1300. The molecule has 1 N–H and O–H groups in total. The van der Waals surface area contributed by atoms with Crippen LogP contribution >= 0.6 is 0 Å². The Morgan fingerprint density at radius 3 is 2.29 bits per heavy atom. The number of nitrogens with zero attached hydrogens (tertiary/aromatic N) is 2. The second kappa shape index (κ2) is 9.96. The van der Waals surface area contributed by atoms with Crippen molar-refractivity contribution in [3.8, 4) is 17.2 Å². The summed E-state index contributed by atoms with van der Waals surface area (Å²) in [6, 6.07) is 18.0. The first-order valence-corrected chi connectivity index (χ1v) is 10.5. The molecule has 0 radical (unpaired) electrons. The largest absolute Gasteiger partial charge is 0.493 e. The number of non-ortho nitro benzene ring substituents is 1. The zero-order valence-electron chi connectivity index (χ0n) is 18.9. The fourth-order valence-corrected chi connectivity index (χ4v) is 3.52. The molecule has 10 heteroatoms. The van der Waals surface area contributed by atoms with Gasteiger partial charge in [-0.3, -0.25) is 25.1 Å². The number of benzene rings is 3. The summed E-state index contributed by atoms with van der Waals surface area (Å²) in [5, 5.41) is 12.2. The van der Waals surface area contributed by atoms with Gasteiger partial charge < -0.3 is 14.2 Å². The third-order valence-electron chi connectivity index (χ3n) is 5.20. The fraction of sp³-hybridized carbons (Fsp3) is 0.120. The number of para-hydroxylation sites is 1. The van der Waals surface area contributed by atoms with Gasteiger partial charge in [0.1, 0.15) is 12.2 Å². The van der Waals surface area contributed by atoms with Crippen LogP contribution in [-0.4, -0.2) is 31.0 Å². The van der Waals surface area contributed by atoms with E-state index in [1.54, 1.807) is 48.5 Å². The topological polar surface area (TPSA) is 120 Å². The zero-order chi connectivity index (χ0) is 24.9. The molecule has 10 nitrogen and oxygen atoms in total. The van der Waals surface area contributed by atoms with E-state index >= 15 is 0 Å². The maximum atomic E-state index is 12.9. The normalized spacial score (nSPS) is 14.1. The zero-order valence-corrected chi connectivity index (χ0v) is 18.9. The number of hydrogen-bond donors (Lipinski definition) is 1. The van der Waals surface area contributed by atoms with Gasteiger partial charge in [0, 0.05) is 12.1 Å². The summed E-state index contributed by atoms with van der Waals surface area (Å²) in [6.07, 6.45) is 1.44. The van der Waals surface area contributed by atoms with Crippen LogP contribution in [0.25, 0.3) is 6.08 Å². The molecule has 0 unspecified atom stereocenters. The molecule has 1 aliphatic heterocycles. The van der Waals surface area contributed by atoms with Crippen LogP contribution in [0.5, 0.6) is 17.2 Å². The van der Waals surface area contributed by atoms with Gasteiger partial charge in [0.05, 0.1) is 24.8 Å². The summed E-state index contributed by atoms with van der Waals surface area (Å²) in [6.45, 7) is 0.0295. The SMILES string of the molecule is COc1cc(C=C2C(=O)NN(c3ccccc3)C2=O)cc(OC)c1OCc1cccc([N+](=O)[O-])c1. The summed E-state index contributed by atoms with van der Waals surface area (Å²) >= 11 is 0. The number of rotatable bonds is 8. The van der Waals surface area contributed by atoms with Gasteiger partial charge in [0.25, 0.3) is 17.5 Å². The molecule has 3 aromatic rings. The number of nitro benzene ring substituents is 1. The lowest BCUT2D eigenvalue weighted by molar-refractivity contribution is -0.384. The van der Waals surface area contributed by atoms with Gasteiger partial charge in [-0.2, -0.15) is 0 Å². The molecule has 0 saturated carbocycles. The van der Waals surface area contributed by atoms with Gasteiger partial charge >= 0.3 is 0 Å². The standard InChI is InChI=1S/C25H21N3O7/c1-33-21-13-17(12-20-24(29)26-27(25(20)30)18-8-4-3-5-9-18)14-22(34-2)23(21)35-15-16-7-6-10-19(11-16)28(31)32/h3-14H,15H2,1-2H3,(H,26,29). The molecule has 1 aliphatic rings. The molecule has 0 spiro atoms. The van der Waals surface area contributed by atoms with Crippen LogP contribution in [0.1, 0.15) is 11.1 Å². The Morgan fingerprint density at radius 2 is 1.66 bits per heavy atom. The molecule has 178 valence electrons. The quantitative estimate of drug-likeness (QED) is 0.228. The van der Waals surface area contributed by atoms with E-state index in [9.17, 15) is 19.7 Å². The molecule has 1 saturated heterocycles. The molecular weight excluding hydrogens is 454 g/mol. The number of ether oxygens (including phenoxy) is 3. The molecule has 0 aromatic heterocycles. The minimum atomic E-state index is -0.539. The first-order valence-electron chi connectivity index (χ1n) is 10.5. The minimum absolute atomic E-state index is 0.0295. The van der Waals surface area contributed by atoms with Crippen LogP contribution < -0.4 is 24.6 Å². The number of methoxy groups -OCH3 is 2. The number of hydrazine groups is 1. The van der Waals surface area contributed by atoms with Crippen molar-refractivity contribution in [1.29, 1.82) is 0 Å². The molecule has 35 heavy (non-hydrogen) atoms. The van der Waals surface area contributed by atoms with Gasteiger partial charge in [-0.25, -0.2) is 5.01 Å². The van der Waals surface area contributed by atoms with Crippen LogP contribution in [-0.2, 0) is 16.2 Å². The summed E-state index contributed by atoms with van der Waals surface area (Å²) < 4.78 is 16.8. The van der Waals surface area contributed by atoms with Gasteiger partial charge in [-0.1, -0.05) is 30.3 Å². The molecule has 2 amide bonds. The van der Waals surface area contributed by atoms with E-state index in [0.717, 1.165) is 0 Å².